The molecular formula is C8H9ClFN. The number of hydrogen-bond acceptors (Lipinski definition) is 1. The Kier molecular flexibility index (Phi) is 2.85. The molecule has 0 aliphatic rings. The number of nitrogens with zero attached hydrogens (tertiary/aromatic N) is 1. The zero-order valence-corrected chi connectivity index (χ0v) is 6.98. The van der Waals surface area contributed by atoms with E-state index < -0.39 is 0 Å². The first-order chi connectivity index (χ1) is 5.18. The van der Waals surface area contributed by atoms with E-state index in [1.54, 1.807) is 19.2 Å². The fourth-order valence-corrected chi connectivity index (χ4v) is 0.979. The van der Waals surface area contributed by atoms with Gasteiger partial charge < -0.3 is 0 Å². The largest absolute Gasteiger partial charge is 0.219 e. The van der Waals surface area contributed by atoms with Gasteiger partial charge in [0.25, 0.3) is 0 Å². The maximum atomic E-state index is 12.4. The van der Waals surface area contributed by atoms with Crippen molar-refractivity contribution >= 4 is 11.8 Å². The molecule has 0 radical (unpaired) electrons. The highest BCUT2D eigenvalue weighted by Crippen LogP contribution is 2.05. The van der Waals surface area contributed by atoms with Crippen LogP contribution in [0.3, 0.4) is 0 Å². The van der Waals surface area contributed by atoms with Crippen LogP contribution < -0.4 is 0 Å². The molecule has 0 fully saturated rings. The van der Waals surface area contributed by atoms with Crippen LogP contribution in [0.2, 0.25) is 0 Å². The molecule has 1 aromatic carbocycles. The van der Waals surface area contributed by atoms with Crippen LogP contribution in [-0.2, 0) is 6.54 Å². The molecule has 0 amide bonds. The van der Waals surface area contributed by atoms with Crippen molar-refractivity contribution < 1.29 is 4.39 Å². The van der Waals surface area contributed by atoms with E-state index in [0.29, 0.717) is 6.54 Å². The highest BCUT2D eigenvalue weighted by molar-refractivity contribution is 6.13. The minimum atomic E-state index is -0.217. The Morgan fingerprint density at radius 2 is 1.91 bits per heavy atom. The standard InChI is InChI=1S/C8H9ClFN/c1-11(9)6-7-2-4-8(10)5-3-7/h2-5H,6H2,1H3. The molecule has 0 spiro atoms. The third kappa shape index (κ3) is 2.87. The van der Waals surface area contributed by atoms with Gasteiger partial charge in [-0.2, -0.15) is 0 Å². The van der Waals surface area contributed by atoms with Crippen LogP contribution in [0.1, 0.15) is 5.56 Å². The molecule has 11 heavy (non-hydrogen) atoms. The van der Waals surface area contributed by atoms with Crippen LogP contribution in [0.4, 0.5) is 4.39 Å². The first kappa shape index (κ1) is 8.50. The minimum absolute atomic E-state index is 0.217. The molecule has 1 rings (SSSR count). The van der Waals surface area contributed by atoms with E-state index in [2.05, 4.69) is 0 Å². The van der Waals surface area contributed by atoms with Crippen molar-refractivity contribution in [1.29, 1.82) is 0 Å². The lowest BCUT2D eigenvalue weighted by Gasteiger charge is -2.05. The average molecular weight is 174 g/mol. The summed E-state index contributed by atoms with van der Waals surface area (Å²) in [5.41, 5.74) is 1.00. The summed E-state index contributed by atoms with van der Waals surface area (Å²) in [6.07, 6.45) is 0. The van der Waals surface area contributed by atoms with E-state index in [-0.39, 0.29) is 5.82 Å². The van der Waals surface area contributed by atoms with Gasteiger partial charge in [0.1, 0.15) is 5.82 Å². The predicted molar refractivity (Wildman–Crippen MR) is 43.7 cm³/mol. The molecule has 1 aromatic rings. The van der Waals surface area contributed by atoms with Crippen molar-refractivity contribution in [2.75, 3.05) is 7.05 Å². The van der Waals surface area contributed by atoms with Crippen molar-refractivity contribution in [2.24, 2.45) is 0 Å². The maximum absolute atomic E-state index is 12.4. The van der Waals surface area contributed by atoms with E-state index in [4.69, 9.17) is 11.8 Å². The summed E-state index contributed by atoms with van der Waals surface area (Å²) >= 11 is 5.59. The molecule has 3 heteroatoms. The lowest BCUT2D eigenvalue weighted by molar-refractivity contribution is 0.544. The van der Waals surface area contributed by atoms with Crippen molar-refractivity contribution in [2.45, 2.75) is 6.54 Å². The fraction of sp³-hybridized carbons (Fsp3) is 0.250. The number of halogens is 2. The number of rotatable bonds is 2. The first-order valence-corrected chi connectivity index (χ1v) is 3.63. The molecule has 0 unspecified atom stereocenters. The molecule has 0 saturated carbocycles. The minimum Gasteiger partial charge on any atom is -0.219 e. The highest BCUT2D eigenvalue weighted by Gasteiger charge is 1.95. The summed E-state index contributed by atoms with van der Waals surface area (Å²) < 4.78 is 13.9. The van der Waals surface area contributed by atoms with Gasteiger partial charge in [-0.15, -0.1) is 0 Å². The summed E-state index contributed by atoms with van der Waals surface area (Å²) in [4.78, 5) is 0. The van der Waals surface area contributed by atoms with Crippen LogP contribution in [0.5, 0.6) is 0 Å². The summed E-state index contributed by atoms with van der Waals surface area (Å²) in [6, 6.07) is 6.29. The molecule has 0 atom stereocenters. The second kappa shape index (κ2) is 3.69. The summed E-state index contributed by atoms with van der Waals surface area (Å²) in [5, 5.41) is 0. The van der Waals surface area contributed by atoms with E-state index >= 15 is 0 Å². The lowest BCUT2D eigenvalue weighted by Crippen LogP contribution is -2.03. The zero-order valence-electron chi connectivity index (χ0n) is 6.22. The smallest absolute Gasteiger partial charge is 0.123 e. The third-order valence-corrected chi connectivity index (χ3v) is 1.43. The fourth-order valence-electron chi connectivity index (χ4n) is 0.841. The van der Waals surface area contributed by atoms with Crippen LogP contribution in [-0.4, -0.2) is 11.5 Å². The monoisotopic (exact) mass is 173 g/mol. The van der Waals surface area contributed by atoms with Gasteiger partial charge in [0.05, 0.1) is 0 Å². The van der Waals surface area contributed by atoms with Crippen LogP contribution in [0.15, 0.2) is 24.3 Å². The quantitative estimate of drug-likeness (QED) is 0.621. The van der Waals surface area contributed by atoms with Crippen molar-refractivity contribution in [3.05, 3.63) is 35.6 Å². The van der Waals surface area contributed by atoms with Gasteiger partial charge >= 0.3 is 0 Å². The van der Waals surface area contributed by atoms with E-state index in [1.807, 2.05) is 0 Å². The predicted octanol–water partition coefficient (Wildman–Crippen LogP) is 2.41. The van der Waals surface area contributed by atoms with E-state index in [0.717, 1.165) is 5.56 Å². The Balaban J connectivity index is 2.66. The summed E-state index contributed by atoms with van der Waals surface area (Å²) in [6.45, 7) is 0.627. The third-order valence-electron chi connectivity index (χ3n) is 1.31. The van der Waals surface area contributed by atoms with Gasteiger partial charge in [0.15, 0.2) is 0 Å². The van der Waals surface area contributed by atoms with Crippen molar-refractivity contribution in [3.8, 4) is 0 Å². The molecule has 0 N–H and O–H groups in total. The van der Waals surface area contributed by atoms with Gasteiger partial charge in [-0.1, -0.05) is 12.1 Å². The zero-order chi connectivity index (χ0) is 8.27. The van der Waals surface area contributed by atoms with Crippen LogP contribution in [0, 0.1) is 5.82 Å². The van der Waals surface area contributed by atoms with Crippen LogP contribution in [0.25, 0.3) is 0 Å². The molecule has 60 valence electrons. The number of hydrogen-bond donors (Lipinski definition) is 0. The van der Waals surface area contributed by atoms with Gasteiger partial charge in [0.2, 0.25) is 0 Å². The SMILES string of the molecule is CN(Cl)Cc1ccc(F)cc1. The summed E-state index contributed by atoms with van der Waals surface area (Å²) in [5.74, 6) is -0.217. The number of benzene rings is 1. The Hall–Kier alpha value is -0.600. The normalized spacial score (nSPS) is 10.5. The Morgan fingerprint density at radius 3 is 2.36 bits per heavy atom. The second-order valence-corrected chi connectivity index (χ2v) is 2.97. The van der Waals surface area contributed by atoms with Gasteiger partial charge in [-0.05, 0) is 29.5 Å². The van der Waals surface area contributed by atoms with Crippen LogP contribution >= 0.6 is 11.8 Å². The molecule has 0 aliphatic carbocycles. The van der Waals surface area contributed by atoms with Gasteiger partial charge in [-0.25, -0.2) is 8.81 Å². The van der Waals surface area contributed by atoms with Crippen molar-refractivity contribution in [3.63, 3.8) is 0 Å². The molecule has 0 bridgehead atoms. The van der Waals surface area contributed by atoms with E-state index in [1.165, 1.54) is 16.6 Å². The van der Waals surface area contributed by atoms with Gasteiger partial charge in [-0.3, -0.25) is 0 Å². The van der Waals surface area contributed by atoms with Gasteiger partial charge in [0, 0.05) is 13.6 Å². The molecule has 0 aromatic heterocycles. The Morgan fingerprint density at radius 1 is 1.36 bits per heavy atom. The highest BCUT2D eigenvalue weighted by atomic mass is 35.5. The molecule has 1 nitrogen and oxygen atoms in total. The average Bonchev–Trinajstić information content (AvgIpc) is 1.93. The first-order valence-electron chi connectivity index (χ1n) is 3.30. The second-order valence-electron chi connectivity index (χ2n) is 2.39. The summed E-state index contributed by atoms with van der Waals surface area (Å²) in [7, 11) is 1.75. The lowest BCUT2D eigenvalue weighted by atomic mass is 10.2. The molecule has 0 heterocycles. The maximum Gasteiger partial charge on any atom is 0.123 e. The van der Waals surface area contributed by atoms with Crippen molar-refractivity contribution in [1.82, 2.24) is 4.42 Å². The molecule has 0 aliphatic heterocycles. The Bertz CT molecular complexity index is 220. The Labute approximate surface area is 70.5 Å². The van der Waals surface area contributed by atoms with E-state index in [9.17, 15) is 4.39 Å². The molecule has 0 saturated heterocycles. The topological polar surface area (TPSA) is 3.24 Å². The molecular weight excluding hydrogens is 165 g/mol.